The van der Waals surface area contributed by atoms with Gasteiger partial charge in [0.15, 0.2) is 5.78 Å². The second-order valence-electron chi connectivity index (χ2n) is 9.93. The quantitative estimate of drug-likeness (QED) is 0.546. The van der Waals surface area contributed by atoms with Gasteiger partial charge in [-0.2, -0.15) is 0 Å². The molecule has 0 fully saturated rings. The summed E-state index contributed by atoms with van der Waals surface area (Å²) in [6, 6.07) is 1.93. The number of ketones is 1. The van der Waals surface area contributed by atoms with Gasteiger partial charge in [-0.25, -0.2) is 0 Å². The molecule has 0 aliphatic heterocycles. The molecule has 178 valence electrons. The Balaban J connectivity index is 1.94. The van der Waals surface area contributed by atoms with Crippen LogP contribution >= 0.6 is 0 Å². The Labute approximate surface area is 193 Å². The molecule has 0 spiro atoms. The van der Waals surface area contributed by atoms with Crippen LogP contribution < -0.4 is 10.6 Å². The summed E-state index contributed by atoms with van der Waals surface area (Å²) < 4.78 is 5.78. The van der Waals surface area contributed by atoms with Gasteiger partial charge in [-0.3, -0.25) is 9.59 Å². The molecule has 0 saturated heterocycles. The zero-order chi connectivity index (χ0) is 24.4. The molecule has 3 aliphatic rings. The van der Waals surface area contributed by atoms with Crippen LogP contribution in [0.15, 0.2) is 28.7 Å². The number of methoxy groups -OCH3 is 1. The first-order valence-corrected chi connectivity index (χ1v) is 11.2. The minimum atomic E-state index is -1.33. The van der Waals surface area contributed by atoms with Gasteiger partial charge in [0.2, 0.25) is 5.91 Å². The van der Waals surface area contributed by atoms with Crippen LogP contribution in [-0.2, 0) is 16.0 Å². The van der Waals surface area contributed by atoms with Crippen molar-refractivity contribution in [3.63, 3.8) is 0 Å². The molecule has 0 unspecified atom stereocenters. The van der Waals surface area contributed by atoms with Crippen molar-refractivity contribution >= 4 is 17.4 Å². The largest absolute Gasteiger partial charge is 0.512 e. The summed E-state index contributed by atoms with van der Waals surface area (Å²) in [6.45, 7) is 3.90. The van der Waals surface area contributed by atoms with Crippen LogP contribution in [0, 0.1) is 11.8 Å². The van der Waals surface area contributed by atoms with Crippen molar-refractivity contribution in [1.29, 1.82) is 0 Å². The van der Waals surface area contributed by atoms with E-state index in [0.29, 0.717) is 18.4 Å². The molecule has 4 rings (SSSR count). The molecule has 1 amide bonds. The summed E-state index contributed by atoms with van der Waals surface area (Å²) >= 11 is 0. The second-order valence-corrected chi connectivity index (χ2v) is 9.93. The molecule has 0 aromatic heterocycles. The summed E-state index contributed by atoms with van der Waals surface area (Å²) in [6.07, 6.45) is 0.953. The summed E-state index contributed by atoms with van der Waals surface area (Å²) in [5.41, 5.74) is 6.85. The lowest BCUT2D eigenvalue weighted by molar-refractivity contribution is -0.118. The van der Waals surface area contributed by atoms with Gasteiger partial charge in [0.1, 0.15) is 22.9 Å². The molecular formula is C25H32N2O6. The molecule has 0 bridgehead atoms. The molecule has 0 radical (unpaired) electrons. The van der Waals surface area contributed by atoms with E-state index < -0.39 is 17.3 Å². The van der Waals surface area contributed by atoms with Crippen molar-refractivity contribution in [2.75, 3.05) is 26.1 Å². The summed E-state index contributed by atoms with van der Waals surface area (Å²) in [4.78, 5) is 27.7. The van der Waals surface area contributed by atoms with Gasteiger partial charge in [-0.15, -0.1) is 0 Å². The van der Waals surface area contributed by atoms with Gasteiger partial charge in [-0.1, -0.05) is 13.8 Å². The molecule has 5 N–H and O–H groups in total. The number of aromatic hydroxyl groups is 1. The highest BCUT2D eigenvalue weighted by atomic mass is 16.5. The molecule has 0 saturated carbocycles. The molecule has 8 heteroatoms. The third-order valence-corrected chi connectivity index (χ3v) is 7.62. The predicted molar refractivity (Wildman–Crippen MR) is 124 cm³/mol. The van der Waals surface area contributed by atoms with E-state index in [-0.39, 0.29) is 64.6 Å². The van der Waals surface area contributed by atoms with E-state index in [2.05, 4.69) is 0 Å². The molecule has 1 aromatic rings. The minimum absolute atomic E-state index is 0.00203. The lowest BCUT2D eigenvalue weighted by Gasteiger charge is -2.49. The Bertz CT molecular complexity index is 1120. The number of hydrogen-bond acceptors (Lipinski definition) is 7. The number of fused-ring (bicyclic) bond motifs is 3. The Morgan fingerprint density at radius 1 is 1.24 bits per heavy atom. The zero-order valence-corrected chi connectivity index (χ0v) is 19.7. The number of rotatable bonds is 4. The number of benzene rings is 1. The number of Topliss-reactive ketones (excluding diaryl/α,β-unsaturated/α-hetero) is 1. The van der Waals surface area contributed by atoms with Crippen molar-refractivity contribution in [2.24, 2.45) is 17.6 Å². The minimum Gasteiger partial charge on any atom is -0.512 e. The van der Waals surface area contributed by atoms with Crippen LogP contribution in [0.25, 0.3) is 0 Å². The van der Waals surface area contributed by atoms with Crippen LogP contribution in [0.4, 0.5) is 5.69 Å². The topological polar surface area (TPSA) is 133 Å². The van der Waals surface area contributed by atoms with Gasteiger partial charge in [0, 0.05) is 51.2 Å². The maximum Gasteiger partial charge on any atom is 0.248 e. The van der Waals surface area contributed by atoms with Crippen LogP contribution in [0.2, 0.25) is 0 Å². The fourth-order valence-electron chi connectivity index (χ4n) is 5.90. The molecule has 3 atom stereocenters. The molecular weight excluding hydrogens is 424 g/mol. The van der Waals surface area contributed by atoms with Gasteiger partial charge in [-0.05, 0) is 41.9 Å². The summed E-state index contributed by atoms with van der Waals surface area (Å²) in [7, 11) is 5.22. The van der Waals surface area contributed by atoms with E-state index in [4.69, 9.17) is 10.5 Å². The number of nitrogens with zero attached hydrogens (tertiary/aromatic N) is 1. The van der Waals surface area contributed by atoms with E-state index in [1.54, 1.807) is 0 Å². The number of nitrogens with two attached hydrogens (primary N) is 1. The highest BCUT2D eigenvalue weighted by molar-refractivity contribution is 6.14. The number of amides is 1. The number of carbonyl (C=O) groups excluding carboxylic acids is 2. The zero-order valence-electron chi connectivity index (χ0n) is 19.7. The SMILES string of the molecule is CO[C@@]12CC(C(N)=O)=C(O)C[C@@H]1C[C@@H]1Cc3c(N(C)C)cc(C(C)C)c(O)c3C(=O)C1=C2O. The first-order valence-electron chi connectivity index (χ1n) is 11.2. The maximum absolute atomic E-state index is 13.8. The number of carbonyl (C=O) groups is 2. The van der Waals surface area contributed by atoms with Gasteiger partial charge in [0.05, 0.1) is 11.1 Å². The van der Waals surface area contributed by atoms with Gasteiger partial charge < -0.3 is 30.7 Å². The predicted octanol–water partition coefficient (Wildman–Crippen LogP) is 3.25. The summed E-state index contributed by atoms with van der Waals surface area (Å²) in [5, 5.41) is 33.0. The average Bonchev–Trinajstić information content (AvgIpc) is 2.72. The fraction of sp³-hybridized carbons (Fsp3) is 0.520. The second kappa shape index (κ2) is 7.80. The Kier molecular flexibility index (Phi) is 5.47. The number of hydrogen-bond donors (Lipinski definition) is 4. The van der Waals surface area contributed by atoms with E-state index in [0.717, 1.165) is 11.3 Å². The normalized spacial score (nSPS) is 26.8. The lowest BCUT2D eigenvalue weighted by Crippen LogP contribution is -2.52. The molecule has 1 aromatic carbocycles. The number of phenolic OH excluding ortho intramolecular Hbond substituents is 1. The third kappa shape index (κ3) is 3.22. The number of aliphatic hydroxyl groups is 2. The van der Waals surface area contributed by atoms with Crippen LogP contribution in [0.1, 0.15) is 60.5 Å². The summed E-state index contributed by atoms with van der Waals surface area (Å²) in [5.74, 6) is -2.21. The van der Waals surface area contributed by atoms with E-state index in [1.165, 1.54) is 7.11 Å². The van der Waals surface area contributed by atoms with Crippen molar-refractivity contribution in [2.45, 2.75) is 51.0 Å². The highest BCUT2D eigenvalue weighted by Gasteiger charge is 2.56. The number of primary amides is 1. The molecule has 0 heterocycles. The van der Waals surface area contributed by atoms with Crippen molar-refractivity contribution < 1.29 is 29.6 Å². The molecule has 33 heavy (non-hydrogen) atoms. The first kappa shape index (κ1) is 23.2. The van der Waals surface area contributed by atoms with Crippen molar-refractivity contribution in [3.8, 4) is 5.75 Å². The van der Waals surface area contributed by atoms with Crippen molar-refractivity contribution in [3.05, 3.63) is 45.4 Å². The average molecular weight is 457 g/mol. The Morgan fingerprint density at radius 3 is 2.45 bits per heavy atom. The number of anilines is 1. The van der Waals surface area contributed by atoms with Gasteiger partial charge in [0.25, 0.3) is 0 Å². The lowest BCUT2D eigenvalue weighted by atomic mass is 9.60. The third-order valence-electron chi connectivity index (χ3n) is 7.62. The van der Waals surface area contributed by atoms with Crippen LogP contribution in [-0.4, -0.2) is 53.8 Å². The fourth-order valence-corrected chi connectivity index (χ4v) is 5.90. The van der Waals surface area contributed by atoms with Crippen LogP contribution in [0.3, 0.4) is 0 Å². The molecule has 8 nitrogen and oxygen atoms in total. The molecule has 3 aliphatic carbocycles. The number of ether oxygens (including phenoxy) is 1. The monoisotopic (exact) mass is 456 g/mol. The van der Waals surface area contributed by atoms with Crippen molar-refractivity contribution in [1.82, 2.24) is 0 Å². The van der Waals surface area contributed by atoms with E-state index in [9.17, 15) is 24.9 Å². The highest BCUT2D eigenvalue weighted by Crippen LogP contribution is 2.55. The van der Waals surface area contributed by atoms with Gasteiger partial charge >= 0.3 is 0 Å². The number of phenols is 1. The Morgan fingerprint density at radius 2 is 1.91 bits per heavy atom. The van der Waals surface area contributed by atoms with E-state index in [1.807, 2.05) is 38.9 Å². The maximum atomic E-state index is 13.8. The first-order chi connectivity index (χ1) is 15.4. The Hall–Kier alpha value is -3.00. The standard InChI is InChI=1S/C25H32N2O6/c1-11(2)14-9-17(27(3)4)15-7-12-6-13-8-18(28)16(24(26)32)10-25(13,33-5)23(31)19(12)22(30)20(15)21(14)29/h9,11-13,28-29,31H,6-8,10H2,1-5H3,(H2,26,32)/t12-,13+,25+/m1/s1. The number of aliphatic hydroxyl groups excluding tert-OH is 2. The number of allylic oxidation sites excluding steroid dienone is 2. The smallest absolute Gasteiger partial charge is 0.248 e. The van der Waals surface area contributed by atoms with E-state index >= 15 is 0 Å². The van der Waals surface area contributed by atoms with Crippen LogP contribution in [0.5, 0.6) is 5.75 Å².